The summed E-state index contributed by atoms with van der Waals surface area (Å²) in [5.74, 6) is 1.91. The molecule has 3 heteroatoms. The average Bonchev–Trinajstić information content (AvgIpc) is 2.84. The first-order valence-electron chi connectivity index (χ1n) is 5.09. The second kappa shape index (κ2) is 3.28. The maximum atomic E-state index is 9.41. The molecule has 0 aromatic heterocycles. The second-order valence-corrected chi connectivity index (χ2v) is 3.91. The number of hydrogen-bond donors (Lipinski definition) is 1. The zero-order valence-corrected chi connectivity index (χ0v) is 8.22. The SMILES string of the molecule is O[C@@H]1C=C[C@@H](c2ccc3c(c2)OCO3)C1. The van der Waals surface area contributed by atoms with Crippen LogP contribution in [0.25, 0.3) is 0 Å². The van der Waals surface area contributed by atoms with Crippen LogP contribution in [0.1, 0.15) is 17.9 Å². The van der Waals surface area contributed by atoms with Crippen molar-refractivity contribution in [3.05, 3.63) is 35.9 Å². The number of aliphatic hydroxyl groups is 1. The Kier molecular flexibility index (Phi) is 1.92. The molecule has 1 heterocycles. The first-order chi connectivity index (χ1) is 7.33. The number of fused-ring (bicyclic) bond motifs is 1. The lowest BCUT2D eigenvalue weighted by molar-refractivity contribution is 0.174. The van der Waals surface area contributed by atoms with Crippen molar-refractivity contribution in [1.82, 2.24) is 0 Å². The summed E-state index contributed by atoms with van der Waals surface area (Å²) in [6.45, 7) is 0.307. The minimum Gasteiger partial charge on any atom is -0.454 e. The third-order valence-corrected chi connectivity index (χ3v) is 2.89. The fraction of sp³-hybridized carbons (Fsp3) is 0.333. The van der Waals surface area contributed by atoms with E-state index in [-0.39, 0.29) is 6.10 Å². The Balaban J connectivity index is 1.90. The van der Waals surface area contributed by atoms with E-state index in [1.54, 1.807) is 0 Å². The molecule has 1 aromatic rings. The monoisotopic (exact) mass is 204 g/mol. The van der Waals surface area contributed by atoms with Gasteiger partial charge in [-0.1, -0.05) is 18.2 Å². The Labute approximate surface area is 87.9 Å². The van der Waals surface area contributed by atoms with Gasteiger partial charge in [0.2, 0.25) is 6.79 Å². The van der Waals surface area contributed by atoms with E-state index in [2.05, 4.69) is 0 Å². The van der Waals surface area contributed by atoms with Gasteiger partial charge in [-0.3, -0.25) is 0 Å². The van der Waals surface area contributed by atoms with Crippen LogP contribution in [0.3, 0.4) is 0 Å². The van der Waals surface area contributed by atoms with Crippen molar-refractivity contribution in [2.45, 2.75) is 18.4 Å². The molecule has 0 unspecified atom stereocenters. The topological polar surface area (TPSA) is 38.7 Å². The summed E-state index contributed by atoms with van der Waals surface area (Å²) in [6, 6.07) is 5.95. The molecule has 0 bridgehead atoms. The van der Waals surface area contributed by atoms with Crippen LogP contribution in [-0.4, -0.2) is 18.0 Å². The third kappa shape index (κ3) is 1.49. The number of aliphatic hydroxyl groups excluding tert-OH is 1. The van der Waals surface area contributed by atoms with Gasteiger partial charge in [-0.2, -0.15) is 0 Å². The number of hydrogen-bond acceptors (Lipinski definition) is 3. The van der Waals surface area contributed by atoms with E-state index in [1.165, 1.54) is 5.56 Å². The fourth-order valence-corrected chi connectivity index (χ4v) is 2.07. The number of allylic oxidation sites excluding steroid dienone is 1. The molecular formula is C12H12O3. The highest BCUT2D eigenvalue weighted by Gasteiger charge is 2.21. The molecule has 1 aliphatic carbocycles. The lowest BCUT2D eigenvalue weighted by Gasteiger charge is -2.09. The zero-order valence-electron chi connectivity index (χ0n) is 8.22. The predicted molar refractivity (Wildman–Crippen MR) is 55.1 cm³/mol. The number of rotatable bonds is 1. The lowest BCUT2D eigenvalue weighted by Crippen LogP contribution is -2.00. The lowest BCUT2D eigenvalue weighted by atomic mass is 9.98. The Hall–Kier alpha value is -1.48. The van der Waals surface area contributed by atoms with Gasteiger partial charge in [0.1, 0.15) is 0 Å². The number of ether oxygens (including phenoxy) is 2. The molecule has 0 fully saturated rings. The van der Waals surface area contributed by atoms with E-state index in [9.17, 15) is 5.11 Å². The Morgan fingerprint density at radius 1 is 1.13 bits per heavy atom. The summed E-state index contributed by atoms with van der Waals surface area (Å²) < 4.78 is 10.6. The van der Waals surface area contributed by atoms with E-state index in [0.29, 0.717) is 12.7 Å². The fourth-order valence-electron chi connectivity index (χ4n) is 2.07. The van der Waals surface area contributed by atoms with Crippen LogP contribution in [0.5, 0.6) is 11.5 Å². The van der Waals surface area contributed by atoms with E-state index in [1.807, 2.05) is 30.4 Å². The molecule has 0 saturated heterocycles. The highest BCUT2D eigenvalue weighted by atomic mass is 16.7. The van der Waals surface area contributed by atoms with E-state index < -0.39 is 0 Å². The quantitative estimate of drug-likeness (QED) is 0.709. The highest BCUT2D eigenvalue weighted by Crippen LogP contribution is 2.37. The van der Waals surface area contributed by atoms with Gasteiger partial charge in [0.05, 0.1) is 6.10 Å². The maximum Gasteiger partial charge on any atom is 0.231 e. The average molecular weight is 204 g/mol. The van der Waals surface area contributed by atoms with Gasteiger partial charge in [-0.05, 0) is 24.1 Å². The predicted octanol–water partition coefficient (Wildman–Crippen LogP) is 1.82. The molecule has 15 heavy (non-hydrogen) atoms. The maximum absolute atomic E-state index is 9.41. The molecule has 2 aliphatic rings. The van der Waals surface area contributed by atoms with Crippen molar-refractivity contribution in [1.29, 1.82) is 0 Å². The summed E-state index contributed by atoms with van der Waals surface area (Å²) >= 11 is 0. The minimum atomic E-state index is -0.305. The van der Waals surface area contributed by atoms with E-state index >= 15 is 0 Å². The Bertz CT molecular complexity index is 411. The zero-order chi connectivity index (χ0) is 10.3. The van der Waals surface area contributed by atoms with Gasteiger partial charge >= 0.3 is 0 Å². The summed E-state index contributed by atoms with van der Waals surface area (Å²) in [7, 11) is 0. The van der Waals surface area contributed by atoms with E-state index in [4.69, 9.17) is 9.47 Å². The molecule has 0 amide bonds. The van der Waals surface area contributed by atoms with Crippen molar-refractivity contribution < 1.29 is 14.6 Å². The molecular weight excluding hydrogens is 192 g/mol. The van der Waals surface area contributed by atoms with Crippen molar-refractivity contribution in [2.75, 3.05) is 6.79 Å². The molecule has 0 radical (unpaired) electrons. The normalized spacial score (nSPS) is 27.3. The van der Waals surface area contributed by atoms with E-state index in [0.717, 1.165) is 17.9 Å². The number of benzene rings is 1. The van der Waals surface area contributed by atoms with Gasteiger partial charge in [-0.15, -0.1) is 0 Å². The standard InChI is InChI=1S/C12H12O3/c13-10-3-1-8(5-10)9-2-4-11-12(6-9)15-7-14-11/h1-4,6,8,10,13H,5,7H2/t8-,10-/m1/s1. The van der Waals surface area contributed by atoms with Gasteiger partial charge < -0.3 is 14.6 Å². The van der Waals surface area contributed by atoms with Crippen LogP contribution in [0.2, 0.25) is 0 Å². The highest BCUT2D eigenvalue weighted by molar-refractivity contribution is 5.46. The van der Waals surface area contributed by atoms with Crippen molar-refractivity contribution in [3.8, 4) is 11.5 Å². The molecule has 0 saturated carbocycles. The van der Waals surface area contributed by atoms with Crippen LogP contribution in [0.4, 0.5) is 0 Å². The first-order valence-corrected chi connectivity index (χ1v) is 5.09. The van der Waals surface area contributed by atoms with Crippen LogP contribution < -0.4 is 9.47 Å². The van der Waals surface area contributed by atoms with Crippen molar-refractivity contribution in [2.24, 2.45) is 0 Å². The van der Waals surface area contributed by atoms with Crippen LogP contribution in [0, 0.1) is 0 Å². The molecule has 1 N–H and O–H groups in total. The summed E-state index contributed by atoms with van der Waals surface area (Å²) in [5, 5.41) is 9.41. The van der Waals surface area contributed by atoms with Gasteiger partial charge in [-0.25, -0.2) is 0 Å². The first kappa shape index (κ1) is 8.80. The van der Waals surface area contributed by atoms with Crippen LogP contribution in [0.15, 0.2) is 30.4 Å². The molecule has 1 aromatic carbocycles. The Morgan fingerprint density at radius 3 is 2.80 bits per heavy atom. The summed E-state index contributed by atoms with van der Waals surface area (Å²) in [5.41, 5.74) is 1.17. The molecule has 3 nitrogen and oxygen atoms in total. The summed E-state index contributed by atoms with van der Waals surface area (Å²) in [6.07, 6.45) is 4.34. The molecule has 78 valence electrons. The summed E-state index contributed by atoms with van der Waals surface area (Å²) in [4.78, 5) is 0. The van der Waals surface area contributed by atoms with Gasteiger partial charge in [0.15, 0.2) is 11.5 Å². The van der Waals surface area contributed by atoms with Crippen LogP contribution in [-0.2, 0) is 0 Å². The molecule has 0 spiro atoms. The van der Waals surface area contributed by atoms with Crippen molar-refractivity contribution >= 4 is 0 Å². The van der Waals surface area contributed by atoms with Crippen molar-refractivity contribution in [3.63, 3.8) is 0 Å². The third-order valence-electron chi connectivity index (χ3n) is 2.89. The Morgan fingerprint density at radius 2 is 2.00 bits per heavy atom. The van der Waals surface area contributed by atoms with Gasteiger partial charge in [0.25, 0.3) is 0 Å². The minimum absolute atomic E-state index is 0.300. The largest absolute Gasteiger partial charge is 0.454 e. The molecule has 3 rings (SSSR count). The van der Waals surface area contributed by atoms with Crippen LogP contribution >= 0.6 is 0 Å². The smallest absolute Gasteiger partial charge is 0.231 e. The molecule has 1 aliphatic heterocycles. The molecule has 2 atom stereocenters. The van der Waals surface area contributed by atoms with Gasteiger partial charge in [0, 0.05) is 5.92 Å². The second-order valence-electron chi connectivity index (χ2n) is 3.91.